The number of halogens is 41. The fourth-order valence-electron chi connectivity index (χ4n) is 11.2. The molecule has 0 saturated heterocycles. The number of hydrogen-bond acceptors (Lipinski definition) is 0. The second-order valence-electron chi connectivity index (χ2n) is 20.7. The summed E-state index contributed by atoms with van der Waals surface area (Å²) in [5.41, 5.74) is -21.0. The molecule has 43 heteroatoms. The number of hydrogen-bond donors (Lipinski definition) is 1. The topological polar surface area (TPSA) is 4.44 Å². The zero-order chi connectivity index (χ0) is 75.3. The standard InChI is InChI=1S/C40BF28.C16H14F13N/c42-13-1-5(21(50)37(66)33(13)62)17(46)29(58)25(54)9(1)41(10-2-6(18(47)30(59)26(10)55)22(51)38(67)34(63)14(2)43,11-3-7(19(48)31(60)27(11)56)23(52)39(68)35(64)15(3)44)12-4-8(20(49)32(61)28(12)57)24(53)40(69)36(65)16(4)45;1-2-3-4-5-6-30(16(28,29)15(25,26)27)9-7-8(17)11(18)10(12(9)19)13(20,21)14(22,23)24/h;7H,2-6H2,1H3/q-1;/p+1. The quantitative estimate of drug-likeness (QED) is 0.0311. The zero-order valence-electron chi connectivity index (χ0n) is 46.2. The predicted molar refractivity (Wildman–Crippen MR) is 256 cm³/mol. The third kappa shape index (κ3) is 10.7. The molecular formula is C56H15BF41N. The first kappa shape index (κ1) is 75.9. The van der Waals surface area contributed by atoms with Crippen molar-refractivity contribution in [2.75, 3.05) is 6.54 Å². The summed E-state index contributed by atoms with van der Waals surface area (Å²) in [5.74, 6) is -119. The zero-order valence-corrected chi connectivity index (χ0v) is 46.2. The van der Waals surface area contributed by atoms with Crippen LogP contribution in [0.3, 0.4) is 0 Å². The van der Waals surface area contributed by atoms with Crippen molar-refractivity contribution in [3.05, 3.63) is 192 Å². The van der Waals surface area contributed by atoms with E-state index in [1.165, 1.54) is 0 Å². The lowest BCUT2D eigenvalue weighted by atomic mass is 9.11. The van der Waals surface area contributed by atoms with Crippen molar-refractivity contribution in [3.8, 4) is 0 Å². The molecule has 0 fully saturated rings. The first-order valence-electron chi connectivity index (χ1n) is 25.8. The Morgan fingerprint density at radius 1 is 0.263 bits per heavy atom. The maximum atomic E-state index is 17.3. The largest absolute Gasteiger partial charge is 0.515 e. The van der Waals surface area contributed by atoms with Gasteiger partial charge >= 0.3 is 24.3 Å². The van der Waals surface area contributed by atoms with Gasteiger partial charge in [0.05, 0.1) is 28.1 Å². The minimum Gasteiger partial charge on any atom is -0.231 e. The molecule has 0 amide bonds. The number of alkyl halides is 10. The van der Waals surface area contributed by atoms with Crippen LogP contribution in [0.25, 0.3) is 43.1 Å². The summed E-state index contributed by atoms with van der Waals surface area (Å²) in [5, 5.41) is -27.0. The Labute approximate surface area is 516 Å². The molecule has 1 atom stereocenters. The van der Waals surface area contributed by atoms with E-state index in [-0.39, 0.29) is 6.42 Å². The summed E-state index contributed by atoms with van der Waals surface area (Å²) in [6, 6.07) is -6.50. The Kier molecular flexibility index (Phi) is 19.5. The first-order valence-corrected chi connectivity index (χ1v) is 25.8. The first-order chi connectivity index (χ1) is 45.4. The van der Waals surface area contributed by atoms with Crippen LogP contribution in [0.15, 0.2) is 6.07 Å². The fourth-order valence-corrected chi connectivity index (χ4v) is 11.2. The minimum absolute atomic E-state index is 0.0187. The number of fused-ring (bicyclic) bond motifs is 4. The average molecular weight is 1490 g/mol. The van der Waals surface area contributed by atoms with Crippen LogP contribution in [0, 0.1) is 180 Å². The highest BCUT2D eigenvalue weighted by molar-refractivity contribution is 7.23. The van der Waals surface area contributed by atoms with Gasteiger partial charge in [-0.1, -0.05) is 19.8 Å². The smallest absolute Gasteiger partial charge is 0.231 e. The Morgan fingerprint density at radius 2 is 0.495 bits per heavy atom. The summed E-state index contributed by atoms with van der Waals surface area (Å²) in [6.07, 6.45) is -20.8. The highest BCUT2D eigenvalue weighted by atomic mass is 19.4. The van der Waals surface area contributed by atoms with Crippen molar-refractivity contribution >= 4 is 76.8 Å². The Morgan fingerprint density at radius 3 is 0.717 bits per heavy atom. The summed E-state index contributed by atoms with van der Waals surface area (Å²) >= 11 is 0. The van der Waals surface area contributed by atoms with Gasteiger partial charge in [0.15, 0.2) is 163 Å². The second kappa shape index (κ2) is 25.4. The van der Waals surface area contributed by atoms with E-state index >= 15 is 105 Å². The molecule has 0 aliphatic carbocycles. The second-order valence-corrected chi connectivity index (χ2v) is 20.7. The molecule has 0 spiro atoms. The highest BCUT2D eigenvalue weighted by Crippen LogP contribution is 2.48. The molecule has 99 heavy (non-hydrogen) atoms. The fraction of sp³-hybridized carbons (Fsp3) is 0.179. The number of nitrogens with one attached hydrogen (secondary N) is 1. The van der Waals surface area contributed by atoms with Crippen LogP contribution in [-0.4, -0.2) is 31.1 Å². The molecule has 0 saturated carbocycles. The molecule has 1 unspecified atom stereocenters. The van der Waals surface area contributed by atoms with Gasteiger partial charge in [-0.2, -0.15) is 39.5 Å². The summed E-state index contributed by atoms with van der Waals surface area (Å²) < 4.78 is 619. The van der Waals surface area contributed by atoms with Gasteiger partial charge in [0, 0.05) is 6.07 Å². The number of benzene rings is 9. The Bertz CT molecular complexity index is 4440. The lowest BCUT2D eigenvalue weighted by molar-refractivity contribution is -0.951. The molecule has 0 heterocycles. The van der Waals surface area contributed by atoms with Crippen molar-refractivity contribution < 1.29 is 185 Å². The van der Waals surface area contributed by atoms with E-state index in [1.54, 1.807) is 6.92 Å². The molecule has 9 aromatic carbocycles. The molecule has 0 bridgehead atoms. The minimum atomic E-state index is -8.05. The van der Waals surface area contributed by atoms with Gasteiger partial charge in [-0.05, 0) is 34.4 Å². The van der Waals surface area contributed by atoms with Crippen LogP contribution in [0.4, 0.5) is 186 Å². The molecular weight excluding hydrogens is 1480 g/mol. The third-order valence-corrected chi connectivity index (χ3v) is 15.4. The third-order valence-electron chi connectivity index (χ3n) is 15.4. The molecule has 1 nitrogen and oxygen atoms in total. The molecule has 534 valence electrons. The van der Waals surface area contributed by atoms with Gasteiger partial charge in [-0.15, -0.1) is 30.6 Å². The van der Waals surface area contributed by atoms with Gasteiger partial charge in [0.1, 0.15) is 35.0 Å². The Balaban J connectivity index is 0.000000350. The monoisotopic (exact) mass is 1490 g/mol. The van der Waals surface area contributed by atoms with E-state index < -0.39 is 311 Å². The lowest BCUT2D eigenvalue weighted by Crippen LogP contribution is -3.16. The van der Waals surface area contributed by atoms with Gasteiger partial charge in [-0.25, -0.2) is 137 Å². The molecule has 1 N–H and O–H groups in total. The maximum absolute atomic E-state index is 17.3. The van der Waals surface area contributed by atoms with Crippen molar-refractivity contribution in [2.45, 2.75) is 56.9 Å². The summed E-state index contributed by atoms with van der Waals surface area (Å²) in [6.45, 7) is 0.320. The van der Waals surface area contributed by atoms with Crippen molar-refractivity contribution in [2.24, 2.45) is 0 Å². The van der Waals surface area contributed by atoms with E-state index in [1.807, 2.05) is 0 Å². The molecule has 0 aliphatic heterocycles. The van der Waals surface area contributed by atoms with Gasteiger partial charge in [-0.3, -0.25) is 0 Å². The van der Waals surface area contributed by atoms with Gasteiger partial charge in [0.25, 0.3) is 0 Å². The molecule has 9 rings (SSSR count). The van der Waals surface area contributed by atoms with E-state index in [0.29, 0.717) is 12.8 Å². The molecule has 0 aromatic heterocycles. The van der Waals surface area contributed by atoms with Crippen molar-refractivity contribution in [1.82, 2.24) is 0 Å². The van der Waals surface area contributed by atoms with Gasteiger partial charge in [0.2, 0.25) is 0 Å². The molecule has 0 radical (unpaired) electrons. The van der Waals surface area contributed by atoms with Crippen LogP contribution in [0.1, 0.15) is 38.2 Å². The summed E-state index contributed by atoms with van der Waals surface area (Å²) in [4.78, 5) is -2.28. The number of quaternary nitrogens is 1. The van der Waals surface area contributed by atoms with Crippen molar-refractivity contribution in [3.63, 3.8) is 0 Å². The van der Waals surface area contributed by atoms with Crippen LogP contribution in [-0.2, 0) is 5.92 Å². The molecule has 0 aliphatic rings. The lowest BCUT2D eigenvalue weighted by Gasteiger charge is -2.47. The van der Waals surface area contributed by atoms with E-state index in [4.69, 9.17) is 0 Å². The van der Waals surface area contributed by atoms with Crippen LogP contribution in [0.2, 0.25) is 0 Å². The normalized spacial score (nSPS) is 13.1. The average Bonchev–Trinajstić information content (AvgIpc) is 0.661. The predicted octanol–water partition coefficient (Wildman–Crippen LogP) is 17.6. The number of rotatable bonds is 12. The van der Waals surface area contributed by atoms with E-state index in [0.717, 1.165) is 0 Å². The number of unbranched alkanes of at least 4 members (excludes halogenated alkanes) is 3. The summed E-state index contributed by atoms with van der Waals surface area (Å²) in [7, 11) is 0. The highest BCUT2D eigenvalue weighted by Gasteiger charge is 2.69. The van der Waals surface area contributed by atoms with E-state index in [2.05, 4.69) is 0 Å². The van der Waals surface area contributed by atoms with Crippen LogP contribution < -0.4 is 26.8 Å². The van der Waals surface area contributed by atoms with Crippen LogP contribution >= 0.6 is 0 Å². The van der Waals surface area contributed by atoms with Gasteiger partial charge < -0.3 is 0 Å². The Hall–Kier alpha value is -8.83. The van der Waals surface area contributed by atoms with Crippen molar-refractivity contribution in [1.29, 1.82) is 0 Å². The maximum Gasteiger partial charge on any atom is 0.515 e. The van der Waals surface area contributed by atoms with E-state index in [9.17, 15) is 74.6 Å². The SMILES string of the molecule is CCCCCC[NH+](c1cc(F)c(F)c(C(F)(F)C(F)(F)F)c1F)C(F)(F)C(F)(F)F.Fc1c(F)c(F)c2c([B-](c3c(F)c(F)c(F)c4c(F)c(F)c(F)c(F)c34)(c3c(F)c(F)c(F)c4c(F)c(F)c(F)c(F)c34)c3c(F)c(F)c(F)c4c(F)c(F)c(F)c(F)c34)c(F)c(F)c(F)c2c1F. The molecule has 9 aromatic rings. The van der Waals surface area contributed by atoms with Crippen LogP contribution in [0.5, 0.6) is 0 Å².